The molecule has 0 unspecified atom stereocenters. The highest BCUT2D eigenvalue weighted by molar-refractivity contribution is 9.10. The molecule has 0 aliphatic carbocycles. The summed E-state index contributed by atoms with van der Waals surface area (Å²) in [6.07, 6.45) is -4.63. The van der Waals surface area contributed by atoms with Crippen LogP contribution in [0.25, 0.3) is 0 Å². The van der Waals surface area contributed by atoms with Crippen LogP contribution in [0.5, 0.6) is 0 Å². The molecule has 21 heavy (non-hydrogen) atoms. The lowest BCUT2D eigenvalue weighted by Gasteiger charge is -2.12. The molecule has 2 aromatic rings. The predicted octanol–water partition coefficient (Wildman–Crippen LogP) is 4.70. The molecule has 4 nitrogen and oxygen atoms in total. The van der Waals surface area contributed by atoms with E-state index in [2.05, 4.69) is 36.5 Å². The highest BCUT2D eigenvalue weighted by Crippen LogP contribution is 2.33. The zero-order chi connectivity index (χ0) is 15.6. The molecular formula is C12H9BrClF3N4. The van der Waals surface area contributed by atoms with Crippen molar-refractivity contribution in [3.8, 4) is 0 Å². The number of halogens is 5. The van der Waals surface area contributed by atoms with Crippen molar-refractivity contribution in [1.82, 2.24) is 9.97 Å². The van der Waals surface area contributed by atoms with Crippen LogP contribution in [0.1, 0.15) is 5.82 Å². The first-order chi connectivity index (χ1) is 9.81. The molecule has 1 heterocycles. The molecule has 0 saturated carbocycles. The number of benzene rings is 1. The Hall–Kier alpha value is -1.54. The zero-order valence-corrected chi connectivity index (χ0v) is 12.9. The Morgan fingerprint density at radius 2 is 1.86 bits per heavy atom. The van der Waals surface area contributed by atoms with Crippen LogP contribution in [-0.4, -0.2) is 17.0 Å². The van der Waals surface area contributed by atoms with E-state index in [9.17, 15) is 13.2 Å². The third kappa shape index (κ3) is 3.76. The van der Waals surface area contributed by atoms with Gasteiger partial charge in [0.05, 0.1) is 15.2 Å². The quantitative estimate of drug-likeness (QED) is 0.809. The maximum Gasteiger partial charge on any atom is 0.451 e. The molecule has 0 saturated heterocycles. The van der Waals surface area contributed by atoms with E-state index in [4.69, 9.17) is 11.6 Å². The molecule has 2 rings (SSSR count). The fourth-order valence-electron chi connectivity index (χ4n) is 1.50. The molecule has 1 aromatic carbocycles. The summed E-state index contributed by atoms with van der Waals surface area (Å²) in [5.41, 5.74) is 0.497. The summed E-state index contributed by atoms with van der Waals surface area (Å²) in [6.45, 7) is 0. The van der Waals surface area contributed by atoms with E-state index in [1.54, 1.807) is 18.2 Å². The van der Waals surface area contributed by atoms with E-state index in [-0.39, 0.29) is 11.6 Å². The summed E-state index contributed by atoms with van der Waals surface area (Å²) in [6, 6.07) is 6.34. The van der Waals surface area contributed by atoms with Crippen LogP contribution in [-0.2, 0) is 6.18 Å². The van der Waals surface area contributed by atoms with Gasteiger partial charge in [-0.1, -0.05) is 17.7 Å². The Morgan fingerprint density at radius 3 is 2.48 bits per heavy atom. The molecule has 0 spiro atoms. The first kappa shape index (κ1) is 15.8. The van der Waals surface area contributed by atoms with Gasteiger partial charge in [-0.25, -0.2) is 9.97 Å². The molecule has 0 aliphatic rings. The van der Waals surface area contributed by atoms with E-state index < -0.39 is 12.0 Å². The van der Waals surface area contributed by atoms with E-state index in [0.717, 1.165) is 0 Å². The second kappa shape index (κ2) is 6.07. The van der Waals surface area contributed by atoms with Crippen molar-refractivity contribution in [3.63, 3.8) is 0 Å². The number of nitrogens with one attached hydrogen (secondary N) is 2. The van der Waals surface area contributed by atoms with Crippen molar-refractivity contribution in [3.05, 3.63) is 39.6 Å². The largest absolute Gasteiger partial charge is 0.451 e. The van der Waals surface area contributed by atoms with Crippen LogP contribution >= 0.6 is 27.5 Å². The van der Waals surface area contributed by atoms with Gasteiger partial charge in [0.1, 0.15) is 11.6 Å². The van der Waals surface area contributed by atoms with Crippen molar-refractivity contribution in [2.24, 2.45) is 0 Å². The maximum atomic E-state index is 12.8. The Morgan fingerprint density at radius 1 is 1.19 bits per heavy atom. The van der Waals surface area contributed by atoms with Gasteiger partial charge in [-0.3, -0.25) is 0 Å². The van der Waals surface area contributed by atoms with Gasteiger partial charge in [-0.15, -0.1) is 0 Å². The van der Waals surface area contributed by atoms with Gasteiger partial charge in [0, 0.05) is 13.1 Å². The summed E-state index contributed by atoms with van der Waals surface area (Å²) in [7, 11) is 1.47. The molecular weight excluding hydrogens is 373 g/mol. The number of anilines is 3. The first-order valence-corrected chi connectivity index (χ1v) is 6.83. The predicted molar refractivity (Wildman–Crippen MR) is 79.0 cm³/mol. The van der Waals surface area contributed by atoms with Crippen molar-refractivity contribution in [2.75, 3.05) is 17.7 Å². The van der Waals surface area contributed by atoms with Gasteiger partial charge in [-0.05, 0) is 28.1 Å². The molecule has 0 amide bonds. The lowest BCUT2D eigenvalue weighted by molar-refractivity contribution is -0.144. The van der Waals surface area contributed by atoms with Crippen LogP contribution in [0, 0.1) is 0 Å². The number of hydrogen-bond acceptors (Lipinski definition) is 4. The third-order valence-electron chi connectivity index (χ3n) is 2.45. The SMILES string of the molecule is CNc1cc(Nc2cccc(Cl)c2Br)nc(C(F)(F)F)n1. The molecule has 1 aromatic heterocycles. The summed E-state index contributed by atoms with van der Waals surface area (Å²) in [4.78, 5) is 6.85. The molecule has 0 bridgehead atoms. The van der Waals surface area contributed by atoms with E-state index in [1.807, 2.05) is 0 Å². The Bertz CT molecular complexity index is 663. The second-order valence-electron chi connectivity index (χ2n) is 3.94. The molecule has 0 radical (unpaired) electrons. The topological polar surface area (TPSA) is 49.8 Å². The van der Waals surface area contributed by atoms with Crippen LogP contribution < -0.4 is 10.6 Å². The van der Waals surface area contributed by atoms with E-state index >= 15 is 0 Å². The van der Waals surface area contributed by atoms with Crippen LogP contribution in [0.4, 0.5) is 30.5 Å². The van der Waals surface area contributed by atoms with Gasteiger partial charge < -0.3 is 10.6 Å². The number of aromatic nitrogens is 2. The van der Waals surface area contributed by atoms with Crippen LogP contribution in [0.3, 0.4) is 0 Å². The molecule has 0 atom stereocenters. The fraction of sp³-hybridized carbons (Fsp3) is 0.167. The standard InChI is InChI=1S/C12H9BrClF3N4/c1-18-8-5-9(21-11(20-8)12(15,16)17)19-7-4-2-3-6(14)10(7)13/h2-5H,1H3,(H2,18,19,20,21). The first-order valence-electron chi connectivity index (χ1n) is 5.66. The number of hydrogen-bond donors (Lipinski definition) is 2. The Kier molecular flexibility index (Phi) is 4.58. The molecule has 9 heteroatoms. The lowest BCUT2D eigenvalue weighted by Crippen LogP contribution is -2.13. The monoisotopic (exact) mass is 380 g/mol. The summed E-state index contributed by atoms with van der Waals surface area (Å²) in [5, 5.41) is 5.77. The van der Waals surface area contributed by atoms with Gasteiger partial charge >= 0.3 is 6.18 Å². The fourth-order valence-corrected chi connectivity index (χ4v) is 2.04. The van der Waals surface area contributed by atoms with Crippen molar-refractivity contribution in [2.45, 2.75) is 6.18 Å². The van der Waals surface area contributed by atoms with Crippen molar-refractivity contribution < 1.29 is 13.2 Å². The van der Waals surface area contributed by atoms with E-state index in [0.29, 0.717) is 15.2 Å². The minimum Gasteiger partial charge on any atom is -0.373 e. The van der Waals surface area contributed by atoms with Gasteiger partial charge in [0.25, 0.3) is 0 Å². The Balaban J connectivity index is 2.42. The molecule has 0 aliphatic heterocycles. The van der Waals surface area contributed by atoms with Gasteiger partial charge in [0.2, 0.25) is 5.82 Å². The second-order valence-corrected chi connectivity index (χ2v) is 5.14. The zero-order valence-electron chi connectivity index (χ0n) is 10.6. The highest BCUT2D eigenvalue weighted by atomic mass is 79.9. The lowest BCUT2D eigenvalue weighted by atomic mass is 10.3. The Labute approximate surface area is 131 Å². The minimum absolute atomic E-state index is 0.00430. The van der Waals surface area contributed by atoms with Crippen molar-refractivity contribution >= 4 is 44.9 Å². The van der Waals surface area contributed by atoms with Crippen molar-refractivity contribution in [1.29, 1.82) is 0 Å². The molecule has 0 fully saturated rings. The van der Waals surface area contributed by atoms with Gasteiger partial charge in [0.15, 0.2) is 0 Å². The average molecular weight is 382 g/mol. The summed E-state index contributed by atoms with van der Waals surface area (Å²) < 4.78 is 38.8. The van der Waals surface area contributed by atoms with Gasteiger partial charge in [-0.2, -0.15) is 13.2 Å². The summed E-state index contributed by atoms with van der Waals surface area (Å²) >= 11 is 9.19. The average Bonchev–Trinajstić information content (AvgIpc) is 2.42. The smallest absolute Gasteiger partial charge is 0.373 e. The normalized spacial score (nSPS) is 11.3. The molecule has 112 valence electrons. The van der Waals surface area contributed by atoms with E-state index in [1.165, 1.54) is 13.1 Å². The highest BCUT2D eigenvalue weighted by Gasteiger charge is 2.35. The summed E-state index contributed by atoms with van der Waals surface area (Å²) in [5.74, 6) is -1.17. The third-order valence-corrected chi connectivity index (χ3v) is 3.85. The molecule has 2 N–H and O–H groups in total. The maximum absolute atomic E-state index is 12.8. The minimum atomic E-state index is -4.63. The number of alkyl halides is 3. The number of nitrogens with zero attached hydrogens (tertiary/aromatic N) is 2. The number of rotatable bonds is 3. The van der Waals surface area contributed by atoms with Crippen LogP contribution in [0.15, 0.2) is 28.7 Å². The van der Waals surface area contributed by atoms with Crippen LogP contribution in [0.2, 0.25) is 5.02 Å².